The summed E-state index contributed by atoms with van der Waals surface area (Å²) in [6.45, 7) is 3.84. The van der Waals surface area contributed by atoms with E-state index in [-0.39, 0.29) is 19.1 Å². The fourth-order valence-corrected chi connectivity index (χ4v) is 3.80. The van der Waals surface area contributed by atoms with Gasteiger partial charge in [-0.15, -0.1) is 0 Å². The molecule has 124 valence electrons. The standard InChI is InChI=1S/C18H23O4P/c1-15(2)18(19)23(20,21-13-16-9-5-3-6-10-16)22-14-17-11-7-4-8-12-17/h3-12,15,18-19H,13-14H2,1-2H3. The van der Waals surface area contributed by atoms with Gasteiger partial charge in [0.15, 0.2) is 5.85 Å². The maximum Gasteiger partial charge on any atom is 0.359 e. The molecule has 0 aromatic heterocycles. The molecule has 2 aromatic rings. The van der Waals surface area contributed by atoms with Crippen LogP contribution in [0.15, 0.2) is 60.7 Å². The van der Waals surface area contributed by atoms with E-state index in [9.17, 15) is 9.67 Å². The lowest BCUT2D eigenvalue weighted by molar-refractivity contribution is 0.110. The third-order valence-electron chi connectivity index (χ3n) is 3.43. The largest absolute Gasteiger partial charge is 0.380 e. The highest BCUT2D eigenvalue weighted by atomic mass is 31.2. The van der Waals surface area contributed by atoms with Crippen LogP contribution in [0.4, 0.5) is 0 Å². The zero-order valence-corrected chi connectivity index (χ0v) is 14.4. The zero-order valence-electron chi connectivity index (χ0n) is 13.5. The minimum Gasteiger partial charge on any atom is -0.380 e. The van der Waals surface area contributed by atoms with E-state index >= 15 is 0 Å². The van der Waals surface area contributed by atoms with Crippen LogP contribution in [0.2, 0.25) is 0 Å². The first-order valence-corrected chi connectivity index (χ1v) is 9.27. The number of aliphatic hydroxyl groups is 1. The Kier molecular flexibility index (Phi) is 6.55. The van der Waals surface area contributed by atoms with Crippen molar-refractivity contribution in [3.05, 3.63) is 71.8 Å². The van der Waals surface area contributed by atoms with Gasteiger partial charge in [0, 0.05) is 0 Å². The van der Waals surface area contributed by atoms with Crippen molar-refractivity contribution in [1.82, 2.24) is 0 Å². The highest BCUT2D eigenvalue weighted by Gasteiger charge is 2.37. The van der Waals surface area contributed by atoms with E-state index in [2.05, 4.69) is 0 Å². The van der Waals surface area contributed by atoms with Gasteiger partial charge in [0.25, 0.3) is 0 Å². The Morgan fingerprint density at radius 3 is 1.61 bits per heavy atom. The highest BCUT2D eigenvalue weighted by molar-refractivity contribution is 7.54. The molecule has 0 amide bonds. The van der Waals surface area contributed by atoms with Gasteiger partial charge in [-0.2, -0.15) is 0 Å². The Labute approximate surface area is 137 Å². The molecule has 5 heteroatoms. The Balaban J connectivity index is 2.07. The third kappa shape index (κ3) is 5.29. The second kappa shape index (κ2) is 8.42. The molecule has 0 aliphatic heterocycles. The molecule has 0 fully saturated rings. The van der Waals surface area contributed by atoms with E-state index in [1.54, 1.807) is 13.8 Å². The van der Waals surface area contributed by atoms with E-state index in [0.717, 1.165) is 11.1 Å². The molecule has 2 rings (SSSR count). The van der Waals surface area contributed by atoms with Crippen LogP contribution in [0, 0.1) is 5.92 Å². The van der Waals surface area contributed by atoms with Crippen LogP contribution < -0.4 is 0 Å². The zero-order chi connectivity index (χ0) is 16.7. The summed E-state index contributed by atoms with van der Waals surface area (Å²) in [5.41, 5.74) is 1.76. The molecule has 0 bridgehead atoms. The molecule has 2 aromatic carbocycles. The molecule has 0 heterocycles. The molecule has 1 atom stereocenters. The van der Waals surface area contributed by atoms with Crippen LogP contribution in [-0.4, -0.2) is 11.0 Å². The molecule has 0 aliphatic rings. The van der Waals surface area contributed by atoms with Gasteiger partial charge in [-0.1, -0.05) is 74.5 Å². The van der Waals surface area contributed by atoms with E-state index < -0.39 is 13.4 Å². The number of aliphatic hydroxyl groups excluding tert-OH is 1. The van der Waals surface area contributed by atoms with Crippen LogP contribution in [0.5, 0.6) is 0 Å². The van der Waals surface area contributed by atoms with Gasteiger partial charge >= 0.3 is 7.60 Å². The molecule has 1 unspecified atom stereocenters. The summed E-state index contributed by atoms with van der Waals surface area (Å²) >= 11 is 0. The van der Waals surface area contributed by atoms with Gasteiger partial charge in [-0.25, -0.2) is 0 Å². The first-order valence-electron chi connectivity index (χ1n) is 7.66. The summed E-state index contributed by atoms with van der Waals surface area (Å²) in [4.78, 5) is 0. The molecule has 4 nitrogen and oxygen atoms in total. The van der Waals surface area contributed by atoms with Crippen molar-refractivity contribution >= 4 is 7.60 Å². The molecule has 0 radical (unpaired) electrons. The lowest BCUT2D eigenvalue weighted by atomic mass is 10.2. The minimum absolute atomic E-state index is 0.136. The minimum atomic E-state index is -3.64. The van der Waals surface area contributed by atoms with E-state index in [0.29, 0.717) is 0 Å². The van der Waals surface area contributed by atoms with Crippen LogP contribution in [-0.2, 0) is 26.8 Å². The first kappa shape index (κ1) is 17.9. The summed E-state index contributed by atoms with van der Waals surface area (Å²) in [5, 5.41) is 10.3. The van der Waals surface area contributed by atoms with Crippen molar-refractivity contribution in [2.24, 2.45) is 5.92 Å². The topological polar surface area (TPSA) is 55.8 Å². The third-order valence-corrected chi connectivity index (χ3v) is 5.65. The van der Waals surface area contributed by atoms with E-state index in [4.69, 9.17) is 9.05 Å². The summed E-state index contributed by atoms with van der Waals surface area (Å²) in [5.74, 6) is -1.39. The first-order chi connectivity index (χ1) is 11.0. The fourth-order valence-electron chi connectivity index (χ4n) is 2.03. The smallest absolute Gasteiger partial charge is 0.359 e. The number of rotatable bonds is 8. The average Bonchev–Trinajstić information content (AvgIpc) is 2.59. The Morgan fingerprint density at radius 2 is 1.26 bits per heavy atom. The lowest BCUT2D eigenvalue weighted by Crippen LogP contribution is -2.18. The van der Waals surface area contributed by atoms with Gasteiger partial charge in [-0.3, -0.25) is 4.57 Å². The monoisotopic (exact) mass is 334 g/mol. The fraction of sp³-hybridized carbons (Fsp3) is 0.333. The highest BCUT2D eigenvalue weighted by Crippen LogP contribution is 2.55. The van der Waals surface area contributed by atoms with E-state index in [1.165, 1.54) is 0 Å². The number of hydrogen-bond acceptors (Lipinski definition) is 4. The van der Waals surface area contributed by atoms with Crippen molar-refractivity contribution in [2.75, 3.05) is 0 Å². The molecular formula is C18H23O4P. The quantitative estimate of drug-likeness (QED) is 0.718. The van der Waals surface area contributed by atoms with Gasteiger partial charge in [-0.05, 0) is 17.0 Å². The molecule has 0 aliphatic carbocycles. The van der Waals surface area contributed by atoms with Crippen LogP contribution in [0.25, 0.3) is 0 Å². The van der Waals surface area contributed by atoms with Crippen LogP contribution in [0.3, 0.4) is 0 Å². The summed E-state index contributed by atoms with van der Waals surface area (Å²) < 4.78 is 24.1. The Morgan fingerprint density at radius 1 is 0.870 bits per heavy atom. The normalized spacial score (nSPS) is 13.2. The van der Waals surface area contributed by atoms with E-state index in [1.807, 2.05) is 60.7 Å². The second-order valence-corrected chi connectivity index (χ2v) is 7.84. The van der Waals surface area contributed by atoms with Crippen molar-refractivity contribution in [3.8, 4) is 0 Å². The summed E-state index contributed by atoms with van der Waals surface area (Å²) in [6, 6.07) is 18.8. The predicted octanol–water partition coefficient (Wildman–Crippen LogP) is 4.59. The Bertz CT molecular complexity index is 580. The average molecular weight is 334 g/mol. The van der Waals surface area contributed by atoms with Gasteiger partial charge in [0.1, 0.15) is 0 Å². The maximum atomic E-state index is 13.0. The maximum absolute atomic E-state index is 13.0. The molecule has 23 heavy (non-hydrogen) atoms. The van der Waals surface area contributed by atoms with Crippen molar-refractivity contribution < 1.29 is 18.7 Å². The predicted molar refractivity (Wildman–Crippen MR) is 90.9 cm³/mol. The molecule has 0 spiro atoms. The SMILES string of the molecule is CC(C)C(O)P(=O)(OCc1ccccc1)OCc1ccccc1. The number of benzene rings is 2. The number of hydrogen-bond donors (Lipinski definition) is 1. The summed E-state index contributed by atoms with van der Waals surface area (Å²) in [6.07, 6.45) is 0. The van der Waals surface area contributed by atoms with Crippen molar-refractivity contribution in [3.63, 3.8) is 0 Å². The molecule has 0 saturated heterocycles. The van der Waals surface area contributed by atoms with Crippen LogP contribution >= 0.6 is 7.60 Å². The van der Waals surface area contributed by atoms with Gasteiger partial charge < -0.3 is 14.2 Å². The molecule has 1 N–H and O–H groups in total. The van der Waals surface area contributed by atoms with Gasteiger partial charge in [0.2, 0.25) is 0 Å². The second-order valence-electron chi connectivity index (χ2n) is 5.72. The van der Waals surface area contributed by atoms with Crippen molar-refractivity contribution in [2.45, 2.75) is 32.9 Å². The molecular weight excluding hydrogens is 311 g/mol. The van der Waals surface area contributed by atoms with Gasteiger partial charge in [0.05, 0.1) is 13.2 Å². The van der Waals surface area contributed by atoms with Crippen LogP contribution in [0.1, 0.15) is 25.0 Å². The lowest BCUT2D eigenvalue weighted by Gasteiger charge is -2.25. The van der Waals surface area contributed by atoms with Crippen molar-refractivity contribution in [1.29, 1.82) is 0 Å². The molecule has 0 saturated carbocycles. The Hall–Kier alpha value is -1.45. The summed E-state index contributed by atoms with van der Waals surface area (Å²) in [7, 11) is -3.64.